The topological polar surface area (TPSA) is 88.5 Å². The van der Waals surface area contributed by atoms with E-state index < -0.39 is 17.7 Å². The van der Waals surface area contributed by atoms with Gasteiger partial charge in [-0.25, -0.2) is 9.18 Å². The van der Waals surface area contributed by atoms with Crippen LogP contribution in [-0.4, -0.2) is 28.6 Å². The number of hydrogen-bond acceptors (Lipinski definition) is 4. The number of rotatable bonds is 5. The van der Waals surface area contributed by atoms with Crippen LogP contribution in [0.2, 0.25) is 0 Å². The molecule has 0 spiro atoms. The highest BCUT2D eigenvalue weighted by Crippen LogP contribution is 2.16. The van der Waals surface area contributed by atoms with Gasteiger partial charge in [0, 0.05) is 11.9 Å². The molecule has 0 saturated carbocycles. The van der Waals surface area contributed by atoms with E-state index in [9.17, 15) is 14.0 Å². The van der Waals surface area contributed by atoms with Gasteiger partial charge in [0.2, 0.25) is 0 Å². The number of anilines is 1. The van der Waals surface area contributed by atoms with Gasteiger partial charge in [0.05, 0.1) is 6.20 Å². The quantitative estimate of drug-likeness (QED) is 0.878. The predicted molar refractivity (Wildman–Crippen MR) is 71.7 cm³/mol. The zero-order valence-electron chi connectivity index (χ0n) is 10.7. The Balaban J connectivity index is 1.95. The largest absolute Gasteiger partial charge is 0.481 e. The number of carboxylic acids is 1. The van der Waals surface area contributed by atoms with Crippen LogP contribution in [0.15, 0.2) is 42.7 Å². The molecule has 0 saturated heterocycles. The lowest BCUT2D eigenvalue weighted by Crippen LogP contribution is -2.21. The molecular weight excluding hydrogens is 279 g/mol. The standard InChI is InChI=1S/C14H11FN2O4/c15-9-1-3-10(4-2-9)17-13(18)8-21-12-7-16-6-5-11(12)14(19)20/h1-7H,8H2,(H,17,18)(H,19,20). The van der Waals surface area contributed by atoms with E-state index in [1.165, 1.54) is 42.7 Å². The van der Waals surface area contributed by atoms with Gasteiger partial charge < -0.3 is 15.2 Å². The lowest BCUT2D eigenvalue weighted by Gasteiger charge is -2.09. The predicted octanol–water partition coefficient (Wildman–Crippen LogP) is 1.94. The van der Waals surface area contributed by atoms with Crippen LogP contribution in [0.4, 0.5) is 10.1 Å². The molecule has 6 nitrogen and oxygen atoms in total. The maximum Gasteiger partial charge on any atom is 0.339 e. The summed E-state index contributed by atoms with van der Waals surface area (Å²) in [7, 11) is 0. The molecule has 2 aromatic rings. The van der Waals surface area contributed by atoms with Gasteiger partial charge in [0.25, 0.3) is 5.91 Å². The number of carboxylic acid groups (broad SMARTS) is 1. The summed E-state index contributed by atoms with van der Waals surface area (Å²) in [6.45, 7) is -0.386. The third-order valence-electron chi connectivity index (χ3n) is 2.50. The molecule has 0 bridgehead atoms. The summed E-state index contributed by atoms with van der Waals surface area (Å²) < 4.78 is 17.8. The van der Waals surface area contributed by atoms with Crippen LogP contribution >= 0.6 is 0 Å². The van der Waals surface area contributed by atoms with Gasteiger partial charge in [-0.15, -0.1) is 0 Å². The van der Waals surface area contributed by atoms with Gasteiger partial charge in [0.15, 0.2) is 12.4 Å². The zero-order valence-corrected chi connectivity index (χ0v) is 10.7. The first kappa shape index (κ1) is 14.4. The van der Waals surface area contributed by atoms with Crippen LogP contribution < -0.4 is 10.1 Å². The lowest BCUT2D eigenvalue weighted by atomic mass is 10.2. The zero-order chi connectivity index (χ0) is 15.2. The van der Waals surface area contributed by atoms with Crippen molar-refractivity contribution < 1.29 is 23.8 Å². The van der Waals surface area contributed by atoms with E-state index in [0.29, 0.717) is 5.69 Å². The number of aromatic carboxylic acids is 1. The number of carbonyl (C=O) groups excluding carboxylic acids is 1. The van der Waals surface area contributed by atoms with Gasteiger partial charge in [-0.2, -0.15) is 0 Å². The van der Waals surface area contributed by atoms with E-state index in [1.54, 1.807) is 0 Å². The Labute approximate surface area is 119 Å². The SMILES string of the molecule is O=C(COc1cnccc1C(=O)O)Nc1ccc(F)cc1. The number of halogens is 1. The number of nitrogens with zero attached hydrogens (tertiary/aromatic N) is 1. The Kier molecular flexibility index (Phi) is 4.45. The first-order valence-corrected chi connectivity index (χ1v) is 5.92. The Hall–Kier alpha value is -2.96. The molecule has 1 amide bonds. The number of hydrogen-bond donors (Lipinski definition) is 2. The molecule has 1 aromatic carbocycles. The highest BCUT2D eigenvalue weighted by Gasteiger charge is 2.12. The van der Waals surface area contributed by atoms with Crippen molar-refractivity contribution in [3.63, 3.8) is 0 Å². The fraction of sp³-hybridized carbons (Fsp3) is 0.0714. The second kappa shape index (κ2) is 6.47. The van der Waals surface area contributed by atoms with Crippen LogP contribution in [0, 0.1) is 5.82 Å². The number of benzene rings is 1. The van der Waals surface area contributed by atoms with E-state index >= 15 is 0 Å². The average molecular weight is 290 g/mol. The van der Waals surface area contributed by atoms with Crippen molar-refractivity contribution in [3.05, 3.63) is 54.1 Å². The Morgan fingerprint density at radius 2 is 1.95 bits per heavy atom. The highest BCUT2D eigenvalue weighted by molar-refractivity contribution is 5.93. The summed E-state index contributed by atoms with van der Waals surface area (Å²) in [5, 5.41) is 11.4. The maximum absolute atomic E-state index is 12.7. The van der Waals surface area contributed by atoms with Crippen LogP contribution in [0.3, 0.4) is 0 Å². The third-order valence-corrected chi connectivity index (χ3v) is 2.50. The minimum atomic E-state index is -1.17. The van der Waals surface area contributed by atoms with Gasteiger partial charge in [-0.3, -0.25) is 9.78 Å². The molecule has 0 fully saturated rings. The van der Waals surface area contributed by atoms with Crippen molar-refractivity contribution in [3.8, 4) is 5.75 Å². The third kappa shape index (κ3) is 4.00. The van der Waals surface area contributed by atoms with E-state index in [1.807, 2.05) is 0 Å². The molecule has 1 aromatic heterocycles. The number of nitrogens with one attached hydrogen (secondary N) is 1. The van der Waals surface area contributed by atoms with Crippen molar-refractivity contribution >= 4 is 17.6 Å². The summed E-state index contributed by atoms with van der Waals surface area (Å²) in [6.07, 6.45) is 2.53. The van der Waals surface area contributed by atoms with E-state index in [0.717, 1.165) is 0 Å². The Bertz CT molecular complexity index is 658. The lowest BCUT2D eigenvalue weighted by molar-refractivity contribution is -0.118. The minimum Gasteiger partial charge on any atom is -0.481 e. The first-order valence-electron chi connectivity index (χ1n) is 5.92. The minimum absolute atomic E-state index is 0.000689. The fourth-order valence-corrected chi connectivity index (χ4v) is 1.55. The molecule has 7 heteroatoms. The summed E-state index contributed by atoms with van der Waals surface area (Å²) in [5.74, 6) is -2.09. The molecule has 0 atom stereocenters. The highest BCUT2D eigenvalue weighted by atomic mass is 19.1. The molecule has 0 aliphatic carbocycles. The van der Waals surface area contributed by atoms with Crippen LogP contribution in [0.25, 0.3) is 0 Å². The summed E-state index contributed by atoms with van der Waals surface area (Å²) in [5.41, 5.74) is 0.328. The molecule has 108 valence electrons. The number of ether oxygens (including phenoxy) is 1. The number of pyridine rings is 1. The van der Waals surface area contributed by atoms with Crippen molar-refractivity contribution in [1.29, 1.82) is 0 Å². The molecule has 21 heavy (non-hydrogen) atoms. The average Bonchev–Trinajstić information content (AvgIpc) is 2.48. The smallest absolute Gasteiger partial charge is 0.339 e. The molecular formula is C14H11FN2O4. The second-order valence-corrected chi connectivity index (χ2v) is 4.02. The van der Waals surface area contributed by atoms with Crippen molar-refractivity contribution in [2.75, 3.05) is 11.9 Å². The van der Waals surface area contributed by atoms with E-state index in [-0.39, 0.29) is 17.9 Å². The monoisotopic (exact) mass is 290 g/mol. The maximum atomic E-state index is 12.7. The summed E-state index contributed by atoms with van der Waals surface area (Å²) in [6, 6.07) is 6.50. The van der Waals surface area contributed by atoms with E-state index in [4.69, 9.17) is 9.84 Å². The second-order valence-electron chi connectivity index (χ2n) is 4.02. The van der Waals surface area contributed by atoms with Gasteiger partial charge in [-0.05, 0) is 30.3 Å². The summed E-state index contributed by atoms with van der Waals surface area (Å²) >= 11 is 0. The molecule has 0 aliphatic rings. The fourth-order valence-electron chi connectivity index (χ4n) is 1.55. The Morgan fingerprint density at radius 3 is 2.62 bits per heavy atom. The van der Waals surface area contributed by atoms with Crippen molar-refractivity contribution in [2.24, 2.45) is 0 Å². The number of amides is 1. The van der Waals surface area contributed by atoms with Gasteiger partial charge >= 0.3 is 5.97 Å². The molecule has 0 unspecified atom stereocenters. The number of carbonyl (C=O) groups is 2. The molecule has 2 rings (SSSR count). The van der Waals surface area contributed by atoms with Crippen molar-refractivity contribution in [2.45, 2.75) is 0 Å². The molecule has 2 N–H and O–H groups in total. The molecule has 0 radical (unpaired) electrons. The number of aromatic nitrogens is 1. The first-order chi connectivity index (χ1) is 10.1. The Morgan fingerprint density at radius 1 is 1.24 bits per heavy atom. The molecule has 1 heterocycles. The van der Waals surface area contributed by atoms with Gasteiger partial charge in [0.1, 0.15) is 11.4 Å². The van der Waals surface area contributed by atoms with Crippen LogP contribution in [-0.2, 0) is 4.79 Å². The normalized spacial score (nSPS) is 9.95. The van der Waals surface area contributed by atoms with Crippen LogP contribution in [0.5, 0.6) is 5.75 Å². The summed E-state index contributed by atoms with van der Waals surface area (Å²) in [4.78, 5) is 26.3. The van der Waals surface area contributed by atoms with Crippen molar-refractivity contribution in [1.82, 2.24) is 4.98 Å². The van der Waals surface area contributed by atoms with Crippen LogP contribution in [0.1, 0.15) is 10.4 Å². The molecule has 0 aliphatic heterocycles. The van der Waals surface area contributed by atoms with E-state index in [2.05, 4.69) is 10.3 Å². The van der Waals surface area contributed by atoms with Gasteiger partial charge in [-0.1, -0.05) is 0 Å².